The fourth-order valence-electron chi connectivity index (χ4n) is 5.35. The molecule has 9 nitrogen and oxygen atoms in total. The standard InChI is InChI=1S/C23H32FN5O4S/c1-5-18(27-22(30)13(2)25-3)23(31)28-9-8-20-21(28)17(12-29(20)34(4,32)33)16-11-26-19-10-14(24)6-7-15(16)19/h6-7,10-11,13,17-18,20-21,25-26H,5,8-9,12H2,1-4H3,(H,27,30)/t13-,17?,18?,20+,21+/m0/s1. The van der Waals surface area contributed by atoms with Gasteiger partial charge in [-0.2, -0.15) is 4.31 Å². The Morgan fingerprint density at radius 2 is 2.06 bits per heavy atom. The number of hydrogen-bond acceptors (Lipinski definition) is 5. The summed E-state index contributed by atoms with van der Waals surface area (Å²) >= 11 is 0. The Bertz CT molecular complexity index is 1200. The number of carbonyl (C=O) groups is 2. The number of aromatic amines is 1. The maximum absolute atomic E-state index is 13.7. The molecule has 0 aliphatic carbocycles. The fourth-order valence-corrected chi connectivity index (χ4v) is 6.50. The van der Waals surface area contributed by atoms with Crippen molar-refractivity contribution in [2.75, 3.05) is 26.4 Å². The largest absolute Gasteiger partial charge is 0.361 e. The lowest BCUT2D eigenvalue weighted by Gasteiger charge is -2.32. The zero-order valence-electron chi connectivity index (χ0n) is 19.8. The number of amides is 2. The summed E-state index contributed by atoms with van der Waals surface area (Å²) in [5.41, 5.74) is 1.48. The van der Waals surface area contributed by atoms with Gasteiger partial charge in [-0.3, -0.25) is 9.59 Å². The molecule has 2 aromatic rings. The van der Waals surface area contributed by atoms with Crippen molar-refractivity contribution in [3.8, 4) is 0 Å². The highest BCUT2D eigenvalue weighted by Gasteiger charge is 2.54. The van der Waals surface area contributed by atoms with E-state index < -0.39 is 22.1 Å². The van der Waals surface area contributed by atoms with E-state index in [-0.39, 0.29) is 42.2 Å². The minimum atomic E-state index is -3.50. The number of aromatic nitrogens is 1. The van der Waals surface area contributed by atoms with Crippen molar-refractivity contribution in [1.82, 2.24) is 24.8 Å². The summed E-state index contributed by atoms with van der Waals surface area (Å²) in [5, 5.41) is 6.50. The lowest BCUT2D eigenvalue weighted by atomic mass is 9.91. The highest BCUT2D eigenvalue weighted by Crippen LogP contribution is 2.44. The van der Waals surface area contributed by atoms with Crippen LogP contribution in [-0.2, 0) is 19.6 Å². The van der Waals surface area contributed by atoms with Gasteiger partial charge in [-0.05, 0) is 50.6 Å². The van der Waals surface area contributed by atoms with Crippen molar-refractivity contribution in [3.05, 3.63) is 35.8 Å². The Balaban J connectivity index is 1.69. The van der Waals surface area contributed by atoms with Crippen molar-refractivity contribution in [2.45, 2.75) is 56.8 Å². The van der Waals surface area contributed by atoms with Gasteiger partial charge in [0, 0.05) is 42.1 Å². The molecular formula is C23H32FN5O4S. The first kappa shape index (κ1) is 24.6. The smallest absolute Gasteiger partial charge is 0.245 e. The quantitative estimate of drug-likeness (QED) is 0.535. The second kappa shape index (κ2) is 9.27. The molecule has 3 N–H and O–H groups in total. The normalized spacial score (nSPS) is 24.9. The second-order valence-corrected chi connectivity index (χ2v) is 11.2. The van der Waals surface area contributed by atoms with Crippen molar-refractivity contribution < 1.29 is 22.4 Å². The summed E-state index contributed by atoms with van der Waals surface area (Å²) in [6, 6.07) is 2.60. The number of likely N-dealkylation sites (tertiary alicyclic amines) is 1. The zero-order valence-corrected chi connectivity index (χ0v) is 20.7. The number of halogens is 1. The summed E-state index contributed by atoms with van der Waals surface area (Å²) < 4.78 is 40.5. The molecule has 0 bridgehead atoms. The minimum absolute atomic E-state index is 0.210. The van der Waals surface area contributed by atoms with Crippen LogP contribution in [0.1, 0.15) is 38.2 Å². The van der Waals surface area contributed by atoms with Gasteiger partial charge in [0.2, 0.25) is 21.8 Å². The number of carbonyl (C=O) groups excluding carboxylic acids is 2. The van der Waals surface area contributed by atoms with Crippen LogP contribution in [0.4, 0.5) is 4.39 Å². The third kappa shape index (κ3) is 4.32. The van der Waals surface area contributed by atoms with Gasteiger partial charge < -0.3 is 20.5 Å². The van der Waals surface area contributed by atoms with E-state index >= 15 is 0 Å². The first-order valence-electron chi connectivity index (χ1n) is 11.6. The van der Waals surface area contributed by atoms with E-state index in [4.69, 9.17) is 0 Å². The van der Waals surface area contributed by atoms with Crippen LogP contribution in [0, 0.1) is 5.82 Å². The number of rotatable bonds is 7. The Kier molecular flexibility index (Phi) is 6.71. The lowest BCUT2D eigenvalue weighted by Crippen LogP contribution is -2.54. The monoisotopic (exact) mass is 493 g/mol. The third-order valence-electron chi connectivity index (χ3n) is 7.21. The molecule has 5 atom stereocenters. The van der Waals surface area contributed by atoms with Crippen LogP contribution >= 0.6 is 0 Å². The van der Waals surface area contributed by atoms with Gasteiger partial charge in [-0.25, -0.2) is 12.8 Å². The van der Waals surface area contributed by atoms with E-state index in [1.165, 1.54) is 22.7 Å². The molecule has 0 radical (unpaired) electrons. The summed E-state index contributed by atoms with van der Waals surface area (Å²) in [6.07, 6.45) is 3.91. The molecule has 3 heterocycles. The number of likely N-dealkylation sites (N-methyl/N-ethyl adjacent to an activating group) is 1. The van der Waals surface area contributed by atoms with E-state index in [2.05, 4.69) is 15.6 Å². The van der Waals surface area contributed by atoms with E-state index in [0.29, 0.717) is 24.9 Å². The number of fused-ring (bicyclic) bond motifs is 2. The molecule has 2 saturated heterocycles. The topological polar surface area (TPSA) is 115 Å². The fraction of sp³-hybridized carbons (Fsp3) is 0.565. The molecule has 0 spiro atoms. The number of nitrogens with zero attached hydrogens (tertiary/aromatic N) is 2. The van der Waals surface area contributed by atoms with Gasteiger partial charge in [0.15, 0.2) is 0 Å². The molecule has 1 aromatic carbocycles. The maximum Gasteiger partial charge on any atom is 0.245 e. The number of benzene rings is 1. The highest BCUT2D eigenvalue weighted by molar-refractivity contribution is 7.88. The van der Waals surface area contributed by atoms with Crippen molar-refractivity contribution >= 4 is 32.7 Å². The lowest BCUT2D eigenvalue weighted by molar-refractivity contribution is -0.137. The highest BCUT2D eigenvalue weighted by atomic mass is 32.2. The Morgan fingerprint density at radius 1 is 1.32 bits per heavy atom. The summed E-state index contributed by atoms with van der Waals surface area (Å²) in [4.78, 5) is 30.9. The molecule has 2 aliphatic heterocycles. The van der Waals surface area contributed by atoms with Crippen LogP contribution in [0.25, 0.3) is 10.9 Å². The Labute approximate surface area is 199 Å². The van der Waals surface area contributed by atoms with Crippen LogP contribution in [0.15, 0.2) is 24.4 Å². The Hall–Kier alpha value is -2.50. The third-order valence-corrected chi connectivity index (χ3v) is 8.48. The average molecular weight is 494 g/mol. The van der Waals surface area contributed by atoms with Gasteiger partial charge in [-0.1, -0.05) is 6.92 Å². The molecule has 2 aliphatic rings. The van der Waals surface area contributed by atoms with E-state index in [1.54, 1.807) is 31.1 Å². The predicted molar refractivity (Wildman–Crippen MR) is 127 cm³/mol. The number of nitrogens with one attached hydrogen (secondary N) is 3. The Morgan fingerprint density at radius 3 is 2.71 bits per heavy atom. The molecule has 186 valence electrons. The van der Waals surface area contributed by atoms with Crippen molar-refractivity contribution in [1.29, 1.82) is 0 Å². The molecule has 11 heteroatoms. The van der Waals surface area contributed by atoms with Crippen molar-refractivity contribution in [2.24, 2.45) is 0 Å². The molecular weight excluding hydrogens is 461 g/mol. The number of sulfonamides is 1. The minimum Gasteiger partial charge on any atom is -0.361 e. The molecule has 34 heavy (non-hydrogen) atoms. The van der Waals surface area contributed by atoms with Crippen LogP contribution in [-0.4, -0.2) is 85.0 Å². The van der Waals surface area contributed by atoms with E-state index in [9.17, 15) is 22.4 Å². The van der Waals surface area contributed by atoms with Gasteiger partial charge in [0.25, 0.3) is 0 Å². The van der Waals surface area contributed by atoms with Gasteiger partial charge in [0.05, 0.1) is 18.3 Å². The first-order valence-corrected chi connectivity index (χ1v) is 13.4. The summed E-state index contributed by atoms with van der Waals surface area (Å²) in [6.45, 7) is 4.20. The number of hydrogen-bond donors (Lipinski definition) is 3. The predicted octanol–water partition coefficient (Wildman–Crippen LogP) is 1.14. The van der Waals surface area contributed by atoms with Crippen LogP contribution in [0.3, 0.4) is 0 Å². The SMILES string of the molecule is CCC(NC(=O)[C@H](C)NC)C(=O)N1CC[C@@H]2[C@H]1C(c1c[nH]c3cc(F)ccc13)CN2S(C)(=O)=O. The number of H-pyrrole nitrogens is 1. The molecule has 0 saturated carbocycles. The summed E-state index contributed by atoms with van der Waals surface area (Å²) in [5.74, 6) is -1.12. The second-order valence-electron chi connectivity index (χ2n) is 9.23. The van der Waals surface area contributed by atoms with E-state index in [0.717, 1.165) is 10.9 Å². The van der Waals surface area contributed by atoms with E-state index in [1.807, 2.05) is 6.92 Å². The van der Waals surface area contributed by atoms with Crippen LogP contribution in [0.5, 0.6) is 0 Å². The van der Waals surface area contributed by atoms with Crippen molar-refractivity contribution in [3.63, 3.8) is 0 Å². The maximum atomic E-state index is 13.7. The molecule has 1 aromatic heterocycles. The molecule has 4 rings (SSSR count). The molecule has 2 unspecified atom stereocenters. The molecule has 2 amide bonds. The van der Waals surface area contributed by atoms with Gasteiger partial charge in [-0.15, -0.1) is 0 Å². The van der Waals surface area contributed by atoms with Gasteiger partial charge in [0.1, 0.15) is 11.9 Å². The molecule has 2 fully saturated rings. The summed E-state index contributed by atoms with van der Waals surface area (Å²) in [7, 11) is -1.83. The average Bonchev–Trinajstić information content (AvgIpc) is 3.49. The first-order chi connectivity index (χ1) is 16.1. The van der Waals surface area contributed by atoms with Crippen LogP contribution < -0.4 is 10.6 Å². The van der Waals surface area contributed by atoms with Gasteiger partial charge >= 0.3 is 0 Å². The van der Waals surface area contributed by atoms with Crippen LogP contribution in [0.2, 0.25) is 0 Å². The zero-order chi connectivity index (χ0) is 24.8.